The molecule has 0 bridgehead atoms. The third-order valence-electron chi connectivity index (χ3n) is 6.53. The molecule has 12 heteroatoms. The van der Waals surface area contributed by atoms with Crippen molar-refractivity contribution in [2.24, 2.45) is 0 Å². The first-order valence-electron chi connectivity index (χ1n) is 15.0. The van der Waals surface area contributed by atoms with Crippen molar-refractivity contribution < 1.29 is 37.7 Å². The molecule has 0 aliphatic carbocycles. The van der Waals surface area contributed by atoms with Crippen LogP contribution < -0.4 is 0 Å². The van der Waals surface area contributed by atoms with Crippen LogP contribution in [0.15, 0.2) is 24.4 Å². The minimum Gasteiger partial charge on any atom is -0.459 e. The third-order valence-corrected chi connectivity index (χ3v) is 9.84. The molecule has 1 aliphatic rings. The van der Waals surface area contributed by atoms with Crippen molar-refractivity contribution in [3.05, 3.63) is 30.1 Å². The van der Waals surface area contributed by atoms with Gasteiger partial charge in [0.05, 0.1) is 12.3 Å². The molecule has 2 heterocycles. The summed E-state index contributed by atoms with van der Waals surface area (Å²) < 4.78 is 37.3. The van der Waals surface area contributed by atoms with Gasteiger partial charge in [-0.1, -0.05) is 6.07 Å². The van der Waals surface area contributed by atoms with Gasteiger partial charge in [0.25, 0.3) is 0 Å². The van der Waals surface area contributed by atoms with Crippen LogP contribution in [0, 0.1) is 0 Å². The summed E-state index contributed by atoms with van der Waals surface area (Å²) in [6.07, 6.45) is 1.12. The lowest BCUT2D eigenvalue weighted by atomic mass is 9.98. The van der Waals surface area contributed by atoms with E-state index in [4.69, 9.17) is 18.7 Å². The van der Waals surface area contributed by atoms with E-state index in [1.807, 2.05) is 18.2 Å². The minimum atomic E-state index is -3.53. The second-order valence-corrected chi connectivity index (χ2v) is 16.9. The molecule has 0 aromatic carbocycles. The Bertz CT molecular complexity index is 1110. The van der Waals surface area contributed by atoms with Gasteiger partial charge in [-0.05, 0) is 101 Å². The van der Waals surface area contributed by atoms with Gasteiger partial charge in [-0.2, -0.15) is 0 Å². The van der Waals surface area contributed by atoms with Crippen LogP contribution in [0.3, 0.4) is 0 Å². The van der Waals surface area contributed by atoms with Gasteiger partial charge in [0, 0.05) is 38.5 Å². The number of imide groups is 1. The smallest absolute Gasteiger partial charge is 0.419 e. The summed E-state index contributed by atoms with van der Waals surface area (Å²) in [5, 5.41) is -1.44. The second-order valence-electron chi connectivity index (χ2n) is 13.9. The highest BCUT2D eigenvalue weighted by atomic mass is 31.2. The lowest BCUT2D eigenvalue weighted by molar-refractivity contribution is -0.160. The van der Waals surface area contributed by atoms with E-state index in [9.17, 15) is 18.9 Å². The maximum absolute atomic E-state index is 14.5. The quantitative estimate of drug-likeness (QED) is 0.121. The van der Waals surface area contributed by atoms with E-state index in [1.165, 1.54) is 0 Å². The summed E-state index contributed by atoms with van der Waals surface area (Å²) in [7, 11) is -3.53. The molecule has 1 aliphatic heterocycles. The molecule has 0 spiro atoms. The third kappa shape index (κ3) is 11.2. The summed E-state index contributed by atoms with van der Waals surface area (Å²) in [4.78, 5) is 47.4. The predicted octanol–water partition coefficient (Wildman–Crippen LogP) is 6.63. The Hall–Kier alpha value is -2.49. The number of ether oxygens (including phenoxy) is 3. The first-order chi connectivity index (χ1) is 19.7. The van der Waals surface area contributed by atoms with E-state index in [-0.39, 0.29) is 32.3 Å². The van der Waals surface area contributed by atoms with Crippen molar-refractivity contribution in [3.63, 3.8) is 0 Å². The number of amides is 2. The SMILES string of the molecule is CCOP1(=O)CCN(Cc2ccccn2)CC1(CCCCN(C(=O)OC(C)(C)C)C(=O)OC(C)(C)C)C(=O)OC(C)(C)C. The second kappa shape index (κ2) is 14.5. The van der Waals surface area contributed by atoms with Crippen molar-refractivity contribution in [2.75, 3.05) is 32.4 Å². The number of esters is 1. The molecule has 2 atom stereocenters. The lowest BCUT2D eigenvalue weighted by Gasteiger charge is -2.46. The number of pyridine rings is 1. The fraction of sp³-hybridized carbons (Fsp3) is 0.742. The molecule has 1 saturated heterocycles. The molecule has 2 amide bonds. The molecule has 11 nitrogen and oxygen atoms in total. The molecule has 0 radical (unpaired) electrons. The normalized spacial score (nSPS) is 21.6. The van der Waals surface area contributed by atoms with Crippen LogP contribution in [0.1, 0.15) is 94.2 Å². The summed E-state index contributed by atoms with van der Waals surface area (Å²) in [6, 6.07) is 5.65. The van der Waals surface area contributed by atoms with Crippen LogP contribution >= 0.6 is 7.37 Å². The number of aromatic nitrogens is 1. The highest BCUT2D eigenvalue weighted by Gasteiger charge is 2.59. The minimum absolute atomic E-state index is 0.00912. The summed E-state index contributed by atoms with van der Waals surface area (Å²) in [6.45, 7) is 18.7. The molecule has 2 unspecified atom stereocenters. The number of hydrogen-bond donors (Lipinski definition) is 0. The number of hydrogen-bond acceptors (Lipinski definition) is 10. The highest BCUT2D eigenvalue weighted by molar-refractivity contribution is 7.62. The molecule has 244 valence electrons. The van der Waals surface area contributed by atoms with Crippen molar-refractivity contribution >= 4 is 25.5 Å². The Morgan fingerprint density at radius 2 is 1.51 bits per heavy atom. The van der Waals surface area contributed by atoms with Crippen molar-refractivity contribution in [3.8, 4) is 0 Å². The Balaban J connectivity index is 2.36. The lowest BCUT2D eigenvalue weighted by Crippen LogP contribution is -2.56. The number of unbranched alkanes of at least 4 members (excludes halogenated alkanes) is 1. The van der Waals surface area contributed by atoms with Crippen molar-refractivity contribution in [1.29, 1.82) is 0 Å². The Kier molecular flexibility index (Phi) is 12.4. The summed E-state index contributed by atoms with van der Waals surface area (Å²) >= 11 is 0. The van der Waals surface area contributed by atoms with E-state index < -0.39 is 47.5 Å². The summed E-state index contributed by atoms with van der Waals surface area (Å²) in [5.74, 6) is -0.571. The van der Waals surface area contributed by atoms with E-state index in [0.29, 0.717) is 25.9 Å². The molecule has 2 rings (SSSR count). The summed E-state index contributed by atoms with van der Waals surface area (Å²) in [5.41, 5.74) is -1.61. The van der Waals surface area contributed by atoms with Gasteiger partial charge < -0.3 is 18.7 Å². The number of nitrogens with zero attached hydrogens (tertiary/aromatic N) is 3. The number of carbonyl (C=O) groups excluding carboxylic acids is 3. The Morgan fingerprint density at radius 3 is 2.00 bits per heavy atom. The average Bonchev–Trinajstić information content (AvgIpc) is 2.83. The largest absolute Gasteiger partial charge is 0.459 e. The molecule has 1 aromatic rings. The number of rotatable bonds is 10. The van der Waals surface area contributed by atoms with E-state index in [1.54, 1.807) is 75.4 Å². The van der Waals surface area contributed by atoms with Crippen LogP contribution in [0.5, 0.6) is 0 Å². The van der Waals surface area contributed by atoms with Crippen LogP contribution in [-0.2, 0) is 34.6 Å². The Morgan fingerprint density at radius 1 is 0.930 bits per heavy atom. The first-order valence-corrected chi connectivity index (χ1v) is 16.8. The zero-order chi connectivity index (χ0) is 32.7. The van der Waals surface area contributed by atoms with Gasteiger partial charge in [-0.15, -0.1) is 0 Å². The average molecular weight is 626 g/mol. The fourth-order valence-corrected chi connectivity index (χ4v) is 7.81. The monoisotopic (exact) mass is 625 g/mol. The van der Waals surface area contributed by atoms with Gasteiger partial charge in [-0.25, -0.2) is 14.5 Å². The maximum Gasteiger partial charge on any atom is 0.419 e. The predicted molar refractivity (Wildman–Crippen MR) is 165 cm³/mol. The first kappa shape index (κ1) is 36.7. The molecule has 0 N–H and O–H groups in total. The van der Waals surface area contributed by atoms with Gasteiger partial charge >= 0.3 is 18.2 Å². The van der Waals surface area contributed by atoms with Gasteiger partial charge in [-0.3, -0.25) is 19.2 Å². The molecular weight excluding hydrogens is 573 g/mol. The molecular formula is C31H52N3O8P. The van der Waals surface area contributed by atoms with Crippen LogP contribution in [-0.4, -0.2) is 87.3 Å². The van der Waals surface area contributed by atoms with Crippen molar-refractivity contribution in [1.82, 2.24) is 14.8 Å². The topological polar surface area (TPSA) is 125 Å². The van der Waals surface area contributed by atoms with E-state index >= 15 is 0 Å². The zero-order valence-electron chi connectivity index (χ0n) is 27.7. The standard InChI is InChI=1S/C31H52N3O8P/c1-11-39-43(38)21-20-33(22-24-16-12-14-18-32-24)23-31(43,25(35)40-28(2,3)4)17-13-15-19-34(26(36)41-29(5,6)7)27(37)42-30(8,9)10/h12,14,16,18H,11,13,15,17,19-23H2,1-10H3. The molecule has 1 aromatic heterocycles. The van der Waals surface area contributed by atoms with Crippen LogP contribution in [0.4, 0.5) is 9.59 Å². The van der Waals surface area contributed by atoms with Gasteiger partial charge in [0.1, 0.15) is 16.8 Å². The highest BCUT2D eigenvalue weighted by Crippen LogP contribution is 2.64. The van der Waals surface area contributed by atoms with Crippen molar-refractivity contribution in [2.45, 2.75) is 117 Å². The maximum atomic E-state index is 14.5. The van der Waals surface area contributed by atoms with Crippen LogP contribution in [0.2, 0.25) is 0 Å². The van der Waals surface area contributed by atoms with Gasteiger partial charge in [0.2, 0.25) is 7.37 Å². The van der Waals surface area contributed by atoms with Gasteiger partial charge in [0.15, 0.2) is 5.16 Å². The van der Waals surface area contributed by atoms with Crippen LogP contribution in [0.25, 0.3) is 0 Å². The Labute approximate surface area is 257 Å². The molecule has 43 heavy (non-hydrogen) atoms. The number of carbonyl (C=O) groups is 3. The van der Waals surface area contributed by atoms with E-state index in [2.05, 4.69) is 9.88 Å². The fourth-order valence-electron chi connectivity index (χ4n) is 4.80. The van der Waals surface area contributed by atoms with E-state index in [0.717, 1.165) is 10.6 Å². The molecule has 1 fully saturated rings. The zero-order valence-corrected chi connectivity index (χ0v) is 28.6. The molecule has 0 saturated carbocycles.